The summed E-state index contributed by atoms with van der Waals surface area (Å²) in [6.07, 6.45) is 0. The fraction of sp³-hybridized carbons (Fsp3) is 0.0625. The molecule has 106 valence electrons. The van der Waals surface area contributed by atoms with Crippen LogP contribution >= 0.6 is 15.9 Å². The van der Waals surface area contributed by atoms with Crippen molar-refractivity contribution in [3.05, 3.63) is 58.3 Å². The van der Waals surface area contributed by atoms with Crippen molar-refractivity contribution in [1.82, 2.24) is 0 Å². The zero-order valence-electron chi connectivity index (χ0n) is 11.3. The number of furan rings is 1. The highest BCUT2D eigenvalue weighted by atomic mass is 79.9. The second-order valence-electron chi connectivity index (χ2n) is 4.77. The monoisotopic (exact) mass is 344 g/mol. The van der Waals surface area contributed by atoms with Crippen molar-refractivity contribution in [1.29, 1.82) is 0 Å². The average Bonchev–Trinajstić information content (AvgIpc) is 2.87. The summed E-state index contributed by atoms with van der Waals surface area (Å²) in [4.78, 5) is 12.3. The van der Waals surface area contributed by atoms with Crippen molar-refractivity contribution in [2.24, 2.45) is 0 Å². The van der Waals surface area contributed by atoms with Crippen molar-refractivity contribution in [2.45, 2.75) is 6.92 Å². The number of fused-ring (bicyclic) bond motifs is 1. The molecule has 0 spiro atoms. The quantitative estimate of drug-likeness (QED) is 0.679. The summed E-state index contributed by atoms with van der Waals surface area (Å²) in [5, 5.41) is 3.66. The molecule has 0 bridgehead atoms. The number of halogens is 1. The van der Waals surface area contributed by atoms with E-state index >= 15 is 0 Å². The van der Waals surface area contributed by atoms with Gasteiger partial charge in [-0.1, -0.05) is 22.0 Å². The van der Waals surface area contributed by atoms with Crippen molar-refractivity contribution >= 4 is 44.2 Å². The number of anilines is 2. The molecule has 21 heavy (non-hydrogen) atoms. The van der Waals surface area contributed by atoms with Crippen LogP contribution in [0.1, 0.15) is 16.1 Å². The van der Waals surface area contributed by atoms with Crippen LogP contribution in [0.5, 0.6) is 0 Å². The lowest BCUT2D eigenvalue weighted by molar-refractivity contribution is 0.0998. The van der Waals surface area contributed by atoms with Crippen molar-refractivity contribution < 1.29 is 9.21 Å². The number of nitrogens with one attached hydrogen (secondary N) is 1. The molecule has 2 aromatic carbocycles. The largest absolute Gasteiger partial charge is 0.451 e. The highest BCUT2D eigenvalue weighted by Gasteiger charge is 2.14. The molecule has 0 aliphatic heterocycles. The lowest BCUT2D eigenvalue weighted by Gasteiger charge is -2.08. The van der Waals surface area contributed by atoms with Gasteiger partial charge in [-0.05, 0) is 48.9 Å². The molecule has 1 aromatic heterocycles. The standard InChI is InChI=1S/C16H13BrN2O2/c1-9-12(17)3-2-4-13(9)19-16(20)15-8-10-7-11(18)5-6-14(10)21-15/h2-8H,18H2,1H3,(H,19,20). The normalized spacial score (nSPS) is 10.8. The minimum atomic E-state index is -0.286. The molecule has 0 fully saturated rings. The van der Waals surface area contributed by atoms with Gasteiger partial charge in [-0.15, -0.1) is 0 Å². The summed E-state index contributed by atoms with van der Waals surface area (Å²) in [5.74, 6) is -0.0269. The highest BCUT2D eigenvalue weighted by Crippen LogP contribution is 2.26. The van der Waals surface area contributed by atoms with Gasteiger partial charge in [0.1, 0.15) is 5.58 Å². The van der Waals surface area contributed by atoms with Gasteiger partial charge in [-0.25, -0.2) is 0 Å². The Kier molecular flexibility index (Phi) is 3.43. The van der Waals surface area contributed by atoms with Crippen LogP contribution < -0.4 is 11.1 Å². The van der Waals surface area contributed by atoms with Gasteiger partial charge in [0, 0.05) is 21.2 Å². The van der Waals surface area contributed by atoms with E-state index in [2.05, 4.69) is 21.2 Å². The Hall–Kier alpha value is -2.27. The maximum Gasteiger partial charge on any atom is 0.291 e. The number of benzene rings is 2. The van der Waals surface area contributed by atoms with Gasteiger partial charge in [0.25, 0.3) is 5.91 Å². The predicted octanol–water partition coefficient (Wildman–Crippen LogP) is 4.34. The minimum Gasteiger partial charge on any atom is -0.451 e. The van der Waals surface area contributed by atoms with Crippen molar-refractivity contribution in [3.63, 3.8) is 0 Å². The third-order valence-electron chi connectivity index (χ3n) is 3.28. The van der Waals surface area contributed by atoms with E-state index in [-0.39, 0.29) is 11.7 Å². The average molecular weight is 345 g/mol. The fourth-order valence-electron chi connectivity index (χ4n) is 2.10. The van der Waals surface area contributed by atoms with Gasteiger partial charge in [-0.2, -0.15) is 0 Å². The molecular formula is C16H13BrN2O2. The first-order valence-corrected chi connectivity index (χ1v) is 7.19. The van der Waals surface area contributed by atoms with Crippen LogP contribution in [0.15, 0.2) is 51.4 Å². The fourth-order valence-corrected chi connectivity index (χ4v) is 2.47. The van der Waals surface area contributed by atoms with Crippen LogP contribution in [0.25, 0.3) is 11.0 Å². The molecule has 1 heterocycles. The Morgan fingerprint density at radius 1 is 1.24 bits per heavy atom. The summed E-state index contributed by atoms with van der Waals surface area (Å²) in [6, 6.07) is 12.6. The minimum absolute atomic E-state index is 0.259. The molecule has 0 aliphatic rings. The van der Waals surface area contributed by atoms with E-state index in [0.29, 0.717) is 11.3 Å². The smallest absolute Gasteiger partial charge is 0.291 e. The Labute approximate surface area is 130 Å². The third-order valence-corrected chi connectivity index (χ3v) is 4.14. The number of carbonyl (C=O) groups excluding carboxylic acids is 1. The van der Waals surface area contributed by atoms with E-state index in [4.69, 9.17) is 10.2 Å². The van der Waals surface area contributed by atoms with E-state index in [9.17, 15) is 4.79 Å². The van der Waals surface area contributed by atoms with Crippen LogP contribution in [-0.2, 0) is 0 Å². The van der Waals surface area contributed by atoms with Crippen LogP contribution in [0, 0.1) is 6.92 Å². The first kappa shape index (κ1) is 13.7. The van der Waals surface area contributed by atoms with Gasteiger partial charge in [0.05, 0.1) is 0 Å². The molecule has 3 rings (SSSR count). The number of carbonyl (C=O) groups is 1. The van der Waals surface area contributed by atoms with Gasteiger partial charge >= 0.3 is 0 Å². The number of nitrogens with two attached hydrogens (primary N) is 1. The molecule has 0 aliphatic carbocycles. The molecule has 0 unspecified atom stereocenters. The summed E-state index contributed by atoms with van der Waals surface area (Å²) < 4.78 is 6.49. The number of hydrogen-bond donors (Lipinski definition) is 2. The molecule has 3 aromatic rings. The van der Waals surface area contributed by atoms with Crippen molar-refractivity contribution in [2.75, 3.05) is 11.1 Å². The van der Waals surface area contributed by atoms with E-state index in [1.54, 1.807) is 24.3 Å². The predicted molar refractivity (Wildman–Crippen MR) is 87.5 cm³/mol. The Balaban J connectivity index is 1.91. The van der Waals surface area contributed by atoms with Gasteiger partial charge in [0.2, 0.25) is 0 Å². The number of amides is 1. The Morgan fingerprint density at radius 3 is 2.86 bits per heavy atom. The lowest BCUT2D eigenvalue weighted by Crippen LogP contribution is -2.11. The van der Waals surface area contributed by atoms with Crippen LogP contribution in [0.2, 0.25) is 0 Å². The molecule has 5 heteroatoms. The Morgan fingerprint density at radius 2 is 2.05 bits per heavy atom. The first-order chi connectivity index (χ1) is 10.0. The van der Waals surface area contributed by atoms with Gasteiger partial charge < -0.3 is 15.5 Å². The highest BCUT2D eigenvalue weighted by molar-refractivity contribution is 9.10. The van der Waals surface area contributed by atoms with Crippen molar-refractivity contribution in [3.8, 4) is 0 Å². The molecule has 0 radical (unpaired) electrons. The zero-order chi connectivity index (χ0) is 15.0. The summed E-state index contributed by atoms with van der Waals surface area (Å²) in [7, 11) is 0. The van der Waals surface area contributed by atoms with Gasteiger partial charge in [-0.3, -0.25) is 4.79 Å². The molecule has 0 saturated heterocycles. The molecule has 3 N–H and O–H groups in total. The SMILES string of the molecule is Cc1c(Br)cccc1NC(=O)c1cc2cc(N)ccc2o1. The maximum absolute atomic E-state index is 12.3. The summed E-state index contributed by atoms with van der Waals surface area (Å²) >= 11 is 3.44. The van der Waals surface area contributed by atoms with E-state index in [0.717, 1.165) is 21.1 Å². The number of nitrogen functional groups attached to an aromatic ring is 1. The second kappa shape index (κ2) is 5.26. The van der Waals surface area contributed by atoms with E-state index in [1.165, 1.54) is 0 Å². The van der Waals surface area contributed by atoms with Crippen LogP contribution in [-0.4, -0.2) is 5.91 Å². The lowest BCUT2D eigenvalue weighted by atomic mass is 10.2. The van der Waals surface area contributed by atoms with Crippen LogP contribution in [0.3, 0.4) is 0 Å². The summed E-state index contributed by atoms with van der Waals surface area (Å²) in [5.41, 5.74) is 8.71. The second-order valence-corrected chi connectivity index (χ2v) is 5.63. The molecule has 1 amide bonds. The topological polar surface area (TPSA) is 68.3 Å². The molecule has 0 atom stereocenters. The molecule has 0 saturated carbocycles. The number of hydrogen-bond acceptors (Lipinski definition) is 3. The molecule has 4 nitrogen and oxygen atoms in total. The maximum atomic E-state index is 12.3. The zero-order valence-corrected chi connectivity index (χ0v) is 12.9. The van der Waals surface area contributed by atoms with E-state index in [1.807, 2.05) is 25.1 Å². The Bertz CT molecular complexity index is 839. The molecular weight excluding hydrogens is 332 g/mol. The van der Waals surface area contributed by atoms with Gasteiger partial charge in [0.15, 0.2) is 5.76 Å². The summed E-state index contributed by atoms with van der Waals surface area (Å²) in [6.45, 7) is 1.93. The third kappa shape index (κ3) is 2.64. The van der Waals surface area contributed by atoms with Crippen LogP contribution in [0.4, 0.5) is 11.4 Å². The van der Waals surface area contributed by atoms with E-state index < -0.39 is 0 Å². The number of rotatable bonds is 2. The first-order valence-electron chi connectivity index (χ1n) is 6.40.